The average molecular weight is 467 g/mol. The molecule has 4 aromatic rings. The first-order valence-electron chi connectivity index (χ1n) is 12.4. The summed E-state index contributed by atoms with van der Waals surface area (Å²) in [7, 11) is 0. The van der Waals surface area contributed by atoms with Crippen LogP contribution in [0.15, 0.2) is 59.9 Å². The number of nitrogens with zero attached hydrogens (tertiary/aromatic N) is 4. The number of hydrogen-bond donors (Lipinski definition) is 2. The Bertz CT molecular complexity index is 1360. The van der Waals surface area contributed by atoms with Crippen molar-refractivity contribution >= 4 is 28.3 Å². The third kappa shape index (κ3) is 4.16. The number of nitrogens with two attached hydrogens (primary N) is 1. The van der Waals surface area contributed by atoms with Crippen LogP contribution >= 0.6 is 0 Å². The fraction of sp³-hybridized carbons (Fsp3) is 0.357. The molecule has 1 aliphatic carbocycles. The monoisotopic (exact) mass is 466 g/mol. The van der Waals surface area contributed by atoms with Crippen molar-refractivity contribution in [3.8, 4) is 5.88 Å². The molecule has 6 rings (SSSR count). The second-order valence-electron chi connectivity index (χ2n) is 10.2. The van der Waals surface area contributed by atoms with Gasteiger partial charge in [0.1, 0.15) is 17.8 Å². The van der Waals surface area contributed by atoms with E-state index in [1.807, 2.05) is 19.9 Å². The van der Waals surface area contributed by atoms with E-state index in [9.17, 15) is 0 Å². The molecule has 0 saturated heterocycles. The Balaban J connectivity index is 1.14. The Morgan fingerprint density at radius 1 is 1.00 bits per heavy atom. The van der Waals surface area contributed by atoms with Gasteiger partial charge in [-0.2, -0.15) is 4.98 Å². The molecule has 35 heavy (non-hydrogen) atoms. The Morgan fingerprint density at radius 3 is 2.54 bits per heavy atom. The number of imidazole rings is 1. The molecule has 7 nitrogen and oxygen atoms in total. The number of aromatic nitrogens is 4. The molecule has 3 heterocycles. The Hall–Kier alpha value is -3.74. The first-order valence-corrected chi connectivity index (χ1v) is 12.4. The second kappa shape index (κ2) is 8.48. The van der Waals surface area contributed by atoms with Gasteiger partial charge in [0.2, 0.25) is 5.88 Å². The van der Waals surface area contributed by atoms with Gasteiger partial charge in [-0.1, -0.05) is 36.4 Å². The van der Waals surface area contributed by atoms with Crippen LogP contribution in [0.2, 0.25) is 0 Å². The molecule has 7 heteroatoms. The van der Waals surface area contributed by atoms with Crippen LogP contribution in [-0.4, -0.2) is 31.2 Å². The second-order valence-corrected chi connectivity index (χ2v) is 10.2. The molecule has 0 bridgehead atoms. The van der Waals surface area contributed by atoms with Crippen molar-refractivity contribution in [2.45, 2.75) is 57.5 Å². The van der Waals surface area contributed by atoms with E-state index in [1.165, 1.54) is 37.6 Å². The minimum atomic E-state index is -0.607. The quantitative estimate of drug-likeness (QED) is 0.399. The van der Waals surface area contributed by atoms with Crippen LogP contribution in [0.5, 0.6) is 5.88 Å². The third-order valence-electron chi connectivity index (χ3n) is 7.39. The first-order chi connectivity index (χ1) is 17.0. The number of hydrogen-bond acceptors (Lipinski definition) is 6. The summed E-state index contributed by atoms with van der Waals surface area (Å²) in [6, 6.07) is 17.1. The molecule has 178 valence electrons. The lowest BCUT2D eigenvalue weighted by molar-refractivity contribution is 0.171. The van der Waals surface area contributed by atoms with Crippen LogP contribution in [0.25, 0.3) is 11.0 Å². The van der Waals surface area contributed by atoms with Crippen LogP contribution in [0, 0.1) is 5.92 Å². The topological polar surface area (TPSA) is 102 Å². The number of anilines is 1. The Morgan fingerprint density at radius 2 is 1.77 bits per heavy atom. The van der Waals surface area contributed by atoms with Crippen molar-refractivity contribution in [2.24, 2.45) is 10.9 Å². The Labute approximate surface area is 204 Å². The molecule has 1 fully saturated rings. The van der Waals surface area contributed by atoms with E-state index in [0.29, 0.717) is 29.2 Å². The van der Waals surface area contributed by atoms with Gasteiger partial charge >= 0.3 is 0 Å². The lowest BCUT2D eigenvalue weighted by Gasteiger charge is -2.32. The minimum absolute atomic E-state index is 0.332. The molecule has 2 aliphatic rings. The first kappa shape index (κ1) is 21.8. The summed E-state index contributed by atoms with van der Waals surface area (Å²) in [5.41, 5.74) is 11.4. The number of nitrogens with one attached hydrogen (secondary N) is 1. The van der Waals surface area contributed by atoms with Gasteiger partial charge < -0.3 is 15.5 Å². The normalized spacial score (nSPS) is 21.3. The number of rotatable bonds is 4. The van der Waals surface area contributed by atoms with Gasteiger partial charge in [-0.3, -0.25) is 0 Å². The van der Waals surface area contributed by atoms with Gasteiger partial charge in [0.05, 0.1) is 16.7 Å². The van der Waals surface area contributed by atoms with Crippen molar-refractivity contribution in [2.75, 3.05) is 5.73 Å². The number of para-hydroxylation sites is 2. The standard InChI is InChI=1S/C28H30N6O/c1-28(2)25(34-24-26(29)30-16-31-27(24)35-28)20-13-11-19(12-14-20)18-9-7-17(8-10-18)15-23-32-21-5-3-4-6-22(21)33-23/h3-6,11-14,16-18H,7-10,15H2,1-2H3,(H,32,33)(H2,29,30,31). The third-order valence-corrected chi connectivity index (χ3v) is 7.39. The van der Waals surface area contributed by atoms with Crippen LogP contribution in [0.4, 0.5) is 11.5 Å². The number of ether oxygens (including phenoxy) is 1. The van der Waals surface area contributed by atoms with Crippen molar-refractivity contribution < 1.29 is 4.74 Å². The summed E-state index contributed by atoms with van der Waals surface area (Å²) in [6.45, 7) is 4.01. The van der Waals surface area contributed by atoms with Gasteiger partial charge in [-0.25, -0.2) is 15.0 Å². The summed E-state index contributed by atoms with van der Waals surface area (Å²) < 4.78 is 6.12. The van der Waals surface area contributed by atoms with E-state index >= 15 is 0 Å². The molecule has 1 aliphatic heterocycles. The van der Waals surface area contributed by atoms with E-state index in [2.05, 4.69) is 57.4 Å². The number of benzene rings is 2. The molecule has 2 aromatic carbocycles. The Kier molecular flexibility index (Phi) is 5.28. The van der Waals surface area contributed by atoms with Gasteiger partial charge in [-0.05, 0) is 69.1 Å². The van der Waals surface area contributed by atoms with Gasteiger partial charge in [0, 0.05) is 12.0 Å². The fourth-order valence-electron chi connectivity index (χ4n) is 5.49. The molecule has 0 amide bonds. The summed E-state index contributed by atoms with van der Waals surface area (Å²) >= 11 is 0. The molecule has 2 aromatic heterocycles. The number of aromatic amines is 1. The molecule has 1 saturated carbocycles. The zero-order valence-electron chi connectivity index (χ0n) is 20.2. The zero-order chi connectivity index (χ0) is 24.0. The van der Waals surface area contributed by atoms with E-state index in [0.717, 1.165) is 34.6 Å². The highest BCUT2D eigenvalue weighted by atomic mass is 16.5. The highest BCUT2D eigenvalue weighted by Gasteiger charge is 2.35. The average Bonchev–Trinajstić information content (AvgIpc) is 3.26. The van der Waals surface area contributed by atoms with Crippen LogP contribution < -0.4 is 10.5 Å². The van der Waals surface area contributed by atoms with Crippen molar-refractivity contribution in [3.63, 3.8) is 0 Å². The van der Waals surface area contributed by atoms with E-state index in [-0.39, 0.29) is 0 Å². The molecular weight excluding hydrogens is 436 g/mol. The van der Waals surface area contributed by atoms with Gasteiger partial charge in [-0.15, -0.1) is 0 Å². The van der Waals surface area contributed by atoms with Gasteiger partial charge in [0.15, 0.2) is 11.5 Å². The number of nitrogen functional groups attached to an aromatic ring is 1. The number of aliphatic imine (C=N–C) groups is 1. The maximum absolute atomic E-state index is 6.12. The summed E-state index contributed by atoms with van der Waals surface area (Å²) in [5, 5.41) is 0. The largest absolute Gasteiger partial charge is 0.463 e. The van der Waals surface area contributed by atoms with Crippen molar-refractivity contribution in [3.05, 3.63) is 71.8 Å². The van der Waals surface area contributed by atoms with Crippen LogP contribution in [0.3, 0.4) is 0 Å². The molecule has 0 atom stereocenters. The maximum Gasteiger partial charge on any atom is 0.246 e. The summed E-state index contributed by atoms with van der Waals surface area (Å²) in [6.07, 6.45) is 7.32. The summed E-state index contributed by atoms with van der Waals surface area (Å²) in [4.78, 5) is 21.3. The van der Waals surface area contributed by atoms with Crippen molar-refractivity contribution in [1.82, 2.24) is 19.9 Å². The minimum Gasteiger partial charge on any atom is -0.463 e. The fourth-order valence-corrected chi connectivity index (χ4v) is 5.49. The SMILES string of the molecule is CC1(C)Oc2ncnc(N)c2N=C1c1ccc(C2CCC(Cc3nc4ccccc4[nH]3)CC2)cc1. The molecule has 0 unspecified atom stereocenters. The smallest absolute Gasteiger partial charge is 0.246 e. The maximum atomic E-state index is 6.12. The highest BCUT2D eigenvalue weighted by Crippen LogP contribution is 2.40. The lowest BCUT2D eigenvalue weighted by Crippen LogP contribution is -2.41. The predicted molar refractivity (Wildman–Crippen MR) is 138 cm³/mol. The van der Waals surface area contributed by atoms with E-state index in [1.54, 1.807) is 0 Å². The van der Waals surface area contributed by atoms with E-state index in [4.69, 9.17) is 20.4 Å². The van der Waals surface area contributed by atoms with Crippen LogP contribution in [0.1, 0.15) is 62.4 Å². The molecule has 0 radical (unpaired) electrons. The molecule has 3 N–H and O–H groups in total. The van der Waals surface area contributed by atoms with E-state index < -0.39 is 5.60 Å². The zero-order valence-corrected chi connectivity index (χ0v) is 20.2. The highest BCUT2D eigenvalue weighted by molar-refractivity contribution is 6.09. The predicted octanol–water partition coefficient (Wildman–Crippen LogP) is 5.74. The van der Waals surface area contributed by atoms with Crippen molar-refractivity contribution in [1.29, 1.82) is 0 Å². The lowest BCUT2D eigenvalue weighted by atomic mass is 9.77. The number of fused-ring (bicyclic) bond motifs is 2. The molecule has 0 spiro atoms. The summed E-state index contributed by atoms with van der Waals surface area (Å²) in [5.74, 6) is 3.16. The van der Waals surface area contributed by atoms with Gasteiger partial charge in [0.25, 0.3) is 0 Å². The van der Waals surface area contributed by atoms with Crippen LogP contribution in [-0.2, 0) is 6.42 Å². The molecular formula is C28H30N6O. The number of H-pyrrole nitrogens is 1.